The van der Waals surface area contributed by atoms with Crippen molar-refractivity contribution in [3.63, 3.8) is 0 Å². The topological polar surface area (TPSA) is 102 Å². The molecule has 21 heavy (non-hydrogen) atoms. The van der Waals surface area contributed by atoms with E-state index in [1.54, 1.807) is 24.3 Å². The third-order valence-corrected chi connectivity index (χ3v) is 2.79. The molecule has 0 aliphatic heterocycles. The maximum absolute atomic E-state index is 12.2. The zero-order chi connectivity index (χ0) is 16.0. The van der Waals surface area contributed by atoms with E-state index in [9.17, 15) is 19.5 Å². The van der Waals surface area contributed by atoms with Gasteiger partial charge in [-0.2, -0.15) is 5.26 Å². The molecule has 1 N–H and O–H groups in total. The third kappa shape index (κ3) is 3.79. The summed E-state index contributed by atoms with van der Waals surface area (Å²) >= 11 is 0. The Hall–Kier alpha value is -2.88. The van der Waals surface area contributed by atoms with Crippen LogP contribution in [0.4, 0.5) is 4.79 Å². The summed E-state index contributed by atoms with van der Waals surface area (Å²) in [6.45, 7) is 0.862. The molecule has 0 heterocycles. The monoisotopic (exact) mass is 289 g/mol. The lowest BCUT2D eigenvalue weighted by Crippen LogP contribution is -2.48. The quantitative estimate of drug-likeness (QED) is 0.840. The standard InChI is InChI=1S/C14H15N3O4/c1-10(18)17(14(21)16(2)9-8-15)12(13(19)20)11-6-4-3-5-7-11/h3-7,12H,9H2,1-2H3,(H,19,20). The molecule has 1 atom stereocenters. The summed E-state index contributed by atoms with van der Waals surface area (Å²) in [5.41, 5.74) is 0.305. The third-order valence-electron chi connectivity index (χ3n) is 2.79. The van der Waals surface area contributed by atoms with Gasteiger partial charge in [-0.1, -0.05) is 30.3 Å². The number of nitrogens with zero attached hydrogens (tertiary/aromatic N) is 3. The van der Waals surface area contributed by atoms with Crippen LogP contribution in [0, 0.1) is 11.3 Å². The average molecular weight is 289 g/mol. The number of benzene rings is 1. The van der Waals surface area contributed by atoms with Gasteiger partial charge in [0.2, 0.25) is 5.91 Å². The van der Waals surface area contributed by atoms with E-state index in [-0.39, 0.29) is 6.54 Å². The van der Waals surface area contributed by atoms with E-state index in [1.165, 1.54) is 19.2 Å². The Morgan fingerprint density at radius 2 is 1.86 bits per heavy atom. The molecule has 0 spiro atoms. The minimum Gasteiger partial charge on any atom is -0.479 e. The zero-order valence-electron chi connectivity index (χ0n) is 11.7. The molecule has 1 aromatic rings. The summed E-state index contributed by atoms with van der Waals surface area (Å²) < 4.78 is 0. The molecule has 0 bridgehead atoms. The maximum atomic E-state index is 12.2. The van der Waals surface area contributed by atoms with Crippen molar-refractivity contribution >= 4 is 17.9 Å². The van der Waals surface area contributed by atoms with Crippen LogP contribution < -0.4 is 0 Å². The minimum absolute atomic E-state index is 0.246. The number of nitriles is 1. The zero-order valence-corrected chi connectivity index (χ0v) is 11.7. The van der Waals surface area contributed by atoms with E-state index in [2.05, 4.69) is 0 Å². The number of hydrogen-bond donors (Lipinski definition) is 1. The summed E-state index contributed by atoms with van der Waals surface area (Å²) in [6, 6.07) is 7.48. The highest BCUT2D eigenvalue weighted by Gasteiger charge is 2.35. The fourth-order valence-corrected chi connectivity index (χ4v) is 1.82. The Morgan fingerprint density at radius 3 is 2.29 bits per heavy atom. The Labute approximate surface area is 122 Å². The number of aliphatic carboxylic acids is 1. The van der Waals surface area contributed by atoms with E-state index < -0.39 is 23.9 Å². The van der Waals surface area contributed by atoms with Crippen LogP contribution in [0.25, 0.3) is 0 Å². The van der Waals surface area contributed by atoms with Crippen LogP contribution in [0.2, 0.25) is 0 Å². The number of carbonyl (C=O) groups excluding carboxylic acids is 2. The molecule has 0 radical (unpaired) electrons. The van der Waals surface area contributed by atoms with Crippen LogP contribution in [0.15, 0.2) is 30.3 Å². The Morgan fingerprint density at radius 1 is 1.29 bits per heavy atom. The van der Waals surface area contributed by atoms with Gasteiger partial charge in [0, 0.05) is 14.0 Å². The number of amides is 3. The van der Waals surface area contributed by atoms with Gasteiger partial charge in [-0.25, -0.2) is 14.5 Å². The molecule has 1 unspecified atom stereocenters. The van der Waals surface area contributed by atoms with Gasteiger partial charge in [0.25, 0.3) is 0 Å². The van der Waals surface area contributed by atoms with Crippen molar-refractivity contribution in [2.45, 2.75) is 13.0 Å². The first-order valence-corrected chi connectivity index (χ1v) is 6.09. The number of carboxylic acids is 1. The molecule has 7 nitrogen and oxygen atoms in total. The Bertz CT molecular complexity index is 580. The second-order valence-electron chi connectivity index (χ2n) is 4.34. The maximum Gasteiger partial charge on any atom is 0.331 e. The van der Waals surface area contributed by atoms with Gasteiger partial charge in [-0.15, -0.1) is 0 Å². The number of carbonyl (C=O) groups is 3. The van der Waals surface area contributed by atoms with E-state index >= 15 is 0 Å². The van der Waals surface area contributed by atoms with E-state index in [0.29, 0.717) is 10.5 Å². The molecule has 0 saturated carbocycles. The van der Waals surface area contributed by atoms with E-state index in [1.807, 2.05) is 0 Å². The molecule has 1 rings (SSSR count). The fraction of sp³-hybridized carbons (Fsp3) is 0.286. The number of carboxylic acid groups (broad SMARTS) is 1. The summed E-state index contributed by atoms with van der Waals surface area (Å²) in [7, 11) is 1.32. The van der Waals surface area contributed by atoms with Crippen molar-refractivity contribution in [1.29, 1.82) is 5.26 Å². The lowest BCUT2D eigenvalue weighted by atomic mass is 10.1. The van der Waals surface area contributed by atoms with Crippen molar-refractivity contribution in [3.05, 3.63) is 35.9 Å². The smallest absolute Gasteiger partial charge is 0.331 e. The van der Waals surface area contributed by atoms with Gasteiger partial charge in [-0.05, 0) is 5.56 Å². The first kappa shape index (κ1) is 16.2. The van der Waals surface area contributed by atoms with Crippen molar-refractivity contribution in [3.8, 4) is 6.07 Å². The lowest BCUT2D eigenvalue weighted by Gasteiger charge is -2.29. The summed E-state index contributed by atoms with van der Waals surface area (Å²) in [4.78, 5) is 37.1. The largest absolute Gasteiger partial charge is 0.479 e. The van der Waals surface area contributed by atoms with E-state index in [0.717, 1.165) is 11.8 Å². The van der Waals surface area contributed by atoms with Crippen molar-refractivity contribution in [2.24, 2.45) is 0 Å². The highest BCUT2D eigenvalue weighted by atomic mass is 16.4. The van der Waals surface area contributed by atoms with Gasteiger partial charge in [0.05, 0.1) is 6.07 Å². The second-order valence-corrected chi connectivity index (χ2v) is 4.34. The predicted molar refractivity (Wildman–Crippen MR) is 73.0 cm³/mol. The number of rotatable bonds is 4. The van der Waals surface area contributed by atoms with E-state index in [4.69, 9.17) is 5.26 Å². The Balaban J connectivity index is 3.23. The molecule has 0 aliphatic carbocycles. The normalized spacial score (nSPS) is 11.1. The molecule has 3 amide bonds. The van der Waals surface area contributed by atoms with Crippen LogP contribution in [-0.2, 0) is 9.59 Å². The molecule has 1 aromatic carbocycles. The molecular weight excluding hydrogens is 274 g/mol. The molecule has 0 fully saturated rings. The first-order chi connectivity index (χ1) is 9.90. The number of imide groups is 1. The van der Waals surface area contributed by atoms with Gasteiger partial charge < -0.3 is 10.0 Å². The number of urea groups is 1. The van der Waals surface area contributed by atoms with Gasteiger partial charge in [0.15, 0.2) is 6.04 Å². The molecule has 0 aromatic heterocycles. The SMILES string of the molecule is CC(=O)N(C(=O)N(C)CC#N)C(C(=O)O)c1ccccc1. The molecule has 0 aliphatic rings. The summed E-state index contributed by atoms with van der Waals surface area (Å²) in [5, 5.41) is 18.0. The highest BCUT2D eigenvalue weighted by Crippen LogP contribution is 2.22. The predicted octanol–water partition coefficient (Wildman–Crippen LogP) is 1.24. The first-order valence-electron chi connectivity index (χ1n) is 6.09. The summed E-state index contributed by atoms with van der Waals surface area (Å²) in [5.74, 6) is -2.03. The van der Waals surface area contributed by atoms with Crippen LogP contribution >= 0.6 is 0 Å². The lowest BCUT2D eigenvalue weighted by molar-refractivity contribution is -0.147. The van der Waals surface area contributed by atoms with Gasteiger partial charge in [-0.3, -0.25) is 4.79 Å². The molecule has 7 heteroatoms. The molecular formula is C14H15N3O4. The summed E-state index contributed by atoms with van der Waals surface area (Å²) in [6.07, 6.45) is 0. The van der Waals surface area contributed by atoms with Crippen LogP contribution in [0.5, 0.6) is 0 Å². The van der Waals surface area contributed by atoms with Gasteiger partial charge >= 0.3 is 12.0 Å². The van der Waals surface area contributed by atoms with Crippen LogP contribution in [-0.4, -0.2) is 46.4 Å². The minimum atomic E-state index is -1.43. The second kappa shape index (κ2) is 7.05. The fourth-order valence-electron chi connectivity index (χ4n) is 1.82. The van der Waals surface area contributed by atoms with Gasteiger partial charge in [0.1, 0.15) is 6.54 Å². The van der Waals surface area contributed by atoms with Crippen molar-refractivity contribution < 1.29 is 19.5 Å². The van der Waals surface area contributed by atoms with Crippen LogP contribution in [0.1, 0.15) is 18.5 Å². The Kier molecular flexibility index (Phi) is 5.43. The molecule has 110 valence electrons. The average Bonchev–Trinajstić information content (AvgIpc) is 2.44. The number of hydrogen-bond acceptors (Lipinski definition) is 4. The van der Waals surface area contributed by atoms with Crippen molar-refractivity contribution in [2.75, 3.05) is 13.6 Å². The van der Waals surface area contributed by atoms with Crippen LogP contribution in [0.3, 0.4) is 0 Å². The molecule has 0 saturated heterocycles. The van der Waals surface area contributed by atoms with Crippen molar-refractivity contribution in [1.82, 2.24) is 9.80 Å². The highest BCUT2D eigenvalue weighted by molar-refractivity contribution is 5.98.